The number of carbonyl (C=O) groups excluding carboxylic acids is 2. The first-order chi connectivity index (χ1) is 11.6. The SMILES string of the molecule is COc1cccn(CC(=O)N2CCCC(N3CCCC3=O)C2)c1=O. The molecule has 7 heteroatoms. The summed E-state index contributed by atoms with van der Waals surface area (Å²) in [4.78, 5) is 40.3. The van der Waals surface area contributed by atoms with Crippen molar-refractivity contribution in [2.75, 3.05) is 26.7 Å². The fourth-order valence-electron chi connectivity index (χ4n) is 3.53. The Bertz CT molecular complexity index is 685. The van der Waals surface area contributed by atoms with Gasteiger partial charge in [0.25, 0.3) is 5.56 Å². The summed E-state index contributed by atoms with van der Waals surface area (Å²) >= 11 is 0. The molecule has 3 rings (SSSR count). The molecule has 0 aliphatic carbocycles. The summed E-state index contributed by atoms with van der Waals surface area (Å²) in [6.07, 6.45) is 4.93. The molecule has 3 heterocycles. The summed E-state index contributed by atoms with van der Waals surface area (Å²) in [5, 5.41) is 0. The number of aromatic nitrogens is 1. The summed E-state index contributed by atoms with van der Waals surface area (Å²) in [7, 11) is 1.44. The Hall–Kier alpha value is -2.31. The number of nitrogens with zero attached hydrogens (tertiary/aromatic N) is 3. The molecule has 0 spiro atoms. The van der Waals surface area contributed by atoms with Gasteiger partial charge >= 0.3 is 0 Å². The molecule has 0 radical (unpaired) electrons. The highest BCUT2D eigenvalue weighted by molar-refractivity contribution is 5.79. The standard InChI is InChI=1S/C17H23N3O4/c1-24-14-6-3-9-19(17(14)23)12-16(22)18-8-2-5-13(11-18)20-10-4-7-15(20)21/h3,6,9,13H,2,4-5,7-8,10-12H2,1H3. The Kier molecular flexibility index (Phi) is 4.87. The Morgan fingerprint density at radius 3 is 2.83 bits per heavy atom. The lowest BCUT2D eigenvalue weighted by Crippen LogP contribution is -2.51. The number of likely N-dealkylation sites (tertiary alicyclic amines) is 2. The number of carbonyl (C=O) groups is 2. The molecule has 0 aromatic carbocycles. The number of ether oxygens (including phenoxy) is 1. The second-order valence-electron chi connectivity index (χ2n) is 6.34. The third-order valence-electron chi connectivity index (χ3n) is 4.81. The molecule has 130 valence electrons. The van der Waals surface area contributed by atoms with Crippen molar-refractivity contribution in [1.29, 1.82) is 0 Å². The molecule has 7 nitrogen and oxygen atoms in total. The monoisotopic (exact) mass is 333 g/mol. The van der Waals surface area contributed by atoms with Crippen LogP contribution in [0.1, 0.15) is 25.7 Å². The van der Waals surface area contributed by atoms with Crippen molar-refractivity contribution in [3.63, 3.8) is 0 Å². The number of pyridine rings is 1. The van der Waals surface area contributed by atoms with Crippen molar-refractivity contribution in [3.8, 4) is 5.75 Å². The highest BCUT2D eigenvalue weighted by Crippen LogP contribution is 2.21. The summed E-state index contributed by atoms with van der Waals surface area (Å²) < 4.78 is 6.37. The van der Waals surface area contributed by atoms with Gasteiger partial charge in [0.2, 0.25) is 11.8 Å². The molecule has 1 unspecified atom stereocenters. The van der Waals surface area contributed by atoms with E-state index in [-0.39, 0.29) is 35.7 Å². The van der Waals surface area contributed by atoms with Gasteiger partial charge < -0.3 is 19.1 Å². The molecule has 0 saturated carbocycles. The lowest BCUT2D eigenvalue weighted by atomic mass is 10.0. The Balaban J connectivity index is 1.67. The normalized spacial score (nSPS) is 21.2. The third kappa shape index (κ3) is 3.29. The third-order valence-corrected chi connectivity index (χ3v) is 4.81. The summed E-state index contributed by atoms with van der Waals surface area (Å²) in [5.74, 6) is 0.324. The maximum absolute atomic E-state index is 12.6. The molecule has 2 amide bonds. The number of hydrogen-bond acceptors (Lipinski definition) is 4. The fraction of sp³-hybridized carbons (Fsp3) is 0.588. The van der Waals surface area contributed by atoms with E-state index in [1.807, 2.05) is 4.90 Å². The van der Waals surface area contributed by atoms with E-state index >= 15 is 0 Å². The number of hydrogen-bond donors (Lipinski definition) is 0. The summed E-state index contributed by atoms with van der Waals surface area (Å²) in [5.41, 5.74) is -0.309. The van der Waals surface area contributed by atoms with Crippen LogP contribution >= 0.6 is 0 Å². The highest BCUT2D eigenvalue weighted by atomic mass is 16.5. The van der Waals surface area contributed by atoms with Gasteiger partial charge in [-0.2, -0.15) is 0 Å². The first-order valence-corrected chi connectivity index (χ1v) is 8.41. The molecular weight excluding hydrogens is 310 g/mol. The Labute approximate surface area is 140 Å². The Morgan fingerprint density at radius 2 is 2.12 bits per heavy atom. The lowest BCUT2D eigenvalue weighted by molar-refractivity contribution is -0.138. The van der Waals surface area contributed by atoms with E-state index < -0.39 is 0 Å². The number of amides is 2. The van der Waals surface area contributed by atoms with Crippen LogP contribution in [0.3, 0.4) is 0 Å². The van der Waals surface area contributed by atoms with Gasteiger partial charge in [0.05, 0.1) is 7.11 Å². The minimum absolute atomic E-state index is 0.00327. The number of rotatable bonds is 4. The van der Waals surface area contributed by atoms with Gasteiger partial charge in [-0.1, -0.05) is 0 Å². The van der Waals surface area contributed by atoms with E-state index in [2.05, 4.69) is 0 Å². The molecule has 1 aromatic rings. The van der Waals surface area contributed by atoms with E-state index in [9.17, 15) is 14.4 Å². The van der Waals surface area contributed by atoms with Crippen LogP contribution < -0.4 is 10.3 Å². The zero-order chi connectivity index (χ0) is 17.1. The van der Waals surface area contributed by atoms with Gasteiger partial charge in [-0.15, -0.1) is 0 Å². The molecular formula is C17H23N3O4. The van der Waals surface area contributed by atoms with Crippen LogP contribution in [0, 0.1) is 0 Å². The molecule has 0 N–H and O–H groups in total. The maximum atomic E-state index is 12.6. The minimum atomic E-state index is -0.309. The predicted molar refractivity (Wildman–Crippen MR) is 87.8 cm³/mol. The van der Waals surface area contributed by atoms with E-state index in [0.717, 1.165) is 25.8 Å². The largest absolute Gasteiger partial charge is 0.491 e. The molecule has 2 aliphatic rings. The molecule has 0 bridgehead atoms. The second-order valence-corrected chi connectivity index (χ2v) is 6.34. The van der Waals surface area contributed by atoms with Crippen LogP contribution in [0.4, 0.5) is 0 Å². The van der Waals surface area contributed by atoms with Crippen LogP contribution in [0.2, 0.25) is 0 Å². The van der Waals surface area contributed by atoms with Gasteiger partial charge in [0.15, 0.2) is 5.75 Å². The molecule has 1 aromatic heterocycles. The van der Waals surface area contributed by atoms with Gasteiger partial charge in [-0.25, -0.2) is 0 Å². The van der Waals surface area contributed by atoms with Crippen LogP contribution in [0.15, 0.2) is 23.1 Å². The Morgan fingerprint density at radius 1 is 1.29 bits per heavy atom. The zero-order valence-electron chi connectivity index (χ0n) is 13.9. The van der Waals surface area contributed by atoms with E-state index in [1.165, 1.54) is 11.7 Å². The van der Waals surface area contributed by atoms with Gasteiger partial charge in [0.1, 0.15) is 6.54 Å². The average Bonchev–Trinajstić information content (AvgIpc) is 3.03. The molecule has 24 heavy (non-hydrogen) atoms. The van der Waals surface area contributed by atoms with Crippen LogP contribution in [0.25, 0.3) is 0 Å². The molecule has 2 saturated heterocycles. The quantitative estimate of drug-likeness (QED) is 0.803. The topological polar surface area (TPSA) is 71.8 Å². The molecule has 2 aliphatic heterocycles. The van der Waals surface area contributed by atoms with Crippen LogP contribution in [-0.4, -0.2) is 59.0 Å². The maximum Gasteiger partial charge on any atom is 0.293 e. The van der Waals surface area contributed by atoms with Gasteiger partial charge in [-0.05, 0) is 31.4 Å². The predicted octanol–water partition coefficient (Wildman–Crippen LogP) is 0.470. The van der Waals surface area contributed by atoms with E-state index in [4.69, 9.17) is 4.74 Å². The molecule has 2 fully saturated rings. The fourth-order valence-corrected chi connectivity index (χ4v) is 3.53. The van der Waals surface area contributed by atoms with Crippen molar-refractivity contribution >= 4 is 11.8 Å². The smallest absolute Gasteiger partial charge is 0.293 e. The van der Waals surface area contributed by atoms with Crippen molar-refractivity contribution in [1.82, 2.24) is 14.4 Å². The second kappa shape index (κ2) is 7.07. The van der Waals surface area contributed by atoms with Crippen LogP contribution in [0.5, 0.6) is 5.75 Å². The summed E-state index contributed by atoms with van der Waals surface area (Å²) in [6.45, 7) is 2.02. The first-order valence-electron chi connectivity index (χ1n) is 8.41. The zero-order valence-corrected chi connectivity index (χ0v) is 13.9. The van der Waals surface area contributed by atoms with Crippen LogP contribution in [-0.2, 0) is 16.1 Å². The lowest BCUT2D eigenvalue weighted by Gasteiger charge is -2.37. The average molecular weight is 333 g/mol. The van der Waals surface area contributed by atoms with Crippen molar-refractivity contribution < 1.29 is 14.3 Å². The van der Waals surface area contributed by atoms with Crippen molar-refractivity contribution in [3.05, 3.63) is 28.7 Å². The minimum Gasteiger partial charge on any atom is -0.491 e. The number of piperidine rings is 1. The van der Waals surface area contributed by atoms with Gasteiger partial charge in [0, 0.05) is 38.3 Å². The van der Waals surface area contributed by atoms with Gasteiger partial charge in [-0.3, -0.25) is 14.4 Å². The number of methoxy groups -OCH3 is 1. The van der Waals surface area contributed by atoms with E-state index in [1.54, 1.807) is 23.2 Å². The van der Waals surface area contributed by atoms with E-state index in [0.29, 0.717) is 19.5 Å². The highest BCUT2D eigenvalue weighted by Gasteiger charge is 2.32. The first kappa shape index (κ1) is 16.5. The molecule has 1 atom stereocenters. The van der Waals surface area contributed by atoms with Crippen molar-refractivity contribution in [2.24, 2.45) is 0 Å². The summed E-state index contributed by atoms with van der Waals surface area (Å²) in [6, 6.07) is 3.38. The van der Waals surface area contributed by atoms with Crippen molar-refractivity contribution in [2.45, 2.75) is 38.3 Å².